The van der Waals surface area contributed by atoms with Crippen molar-refractivity contribution in [3.05, 3.63) is 53.1 Å². The maximum atomic E-state index is 11.5. The van der Waals surface area contributed by atoms with Gasteiger partial charge in [0, 0.05) is 10.7 Å². The smallest absolute Gasteiger partial charge is 0.337 e. The van der Waals surface area contributed by atoms with Crippen LogP contribution in [0.1, 0.15) is 10.4 Å². The van der Waals surface area contributed by atoms with Gasteiger partial charge in [-0.25, -0.2) is 4.79 Å². The van der Waals surface area contributed by atoms with Crippen molar-refractivity contribution in [2.45, 2.75) is 0 Å². The summed E-state index contributed by atoms with van der Waals surface area (Å²) in [6.45, 7) is 0. The largest absolute Gasteiger partial charge is 0.465 e. The van der Waals surface area contributed by atoms with Crippen LogP contribution in [0.4, 0.5) is 5.69 Å². The maximum absolute atomic E-state index is 11.5. The molecule has 92 valence electrons. The monoisotopic (exact) mass is 261 g/mol. The van der Waals surface area contributed by atoms with E-state index in [2.05, 4.69) is 4.74 Å². The van der Waals surface area contributed by atoms with Gasteiger partial charge in [0.15, 0.2) is 0 Å². The molecule has 0 aromatic heterocycles. The lowest BCUT2D eigenvalue weighted by Crippen LogP contribution is -2.00. The fourth-order valence-electron chi connectivity index (χ4n) is 1.72. The summed E-state index contributed by atoms with van der Waals surface area (Å²) in [6.07, 6.45) is 0. The van der Waals surface area contributed by atoms with E-state index >= 15 is 0 Å². The van der Waals surface area contributed by atoms with Gasteiger partial charge in [0.25, 0.3) is 0 Å². The normalized spacial score (nSPS) is 10.1. The Bertz CT molecular complexity index is 576. The summed E-state index contributed by atoms with van der Waals surface area (Å²) in [6, 6.07) is 12.4. The van der Waals surface area contributed by atoms with Gasteiger partial charge in [-0.05, 0) is 41.5 Å². The van der Waals surface area contributed by atoms with Crippen LogP contribution in [-0.4, -0.2) is 13.1 Å². The lowest BCUT2D eigenvalue weighted by Gasteiger charge is -2.06. The van der Waals surface area contributed by atoms with Crippen molar-refractivity contribution in [3.63, 3.8) is 0 Å². The molecule has 2 N–H and O–H groups in total. The molecule has 0 aliphatic heterocycles. The van der Waals surface area contributed by atoms with E-state index in [1.54, 1.807) is 30.3 Å². The standard InChI is InChI=1S/C14H12ClNO2/c1-18-14(17)10-4-2-3-9(5-10)11-6-12(15)8-13(16)7-11/h2-8H,16H2,1H3. The maximum Gasteiger partial charge on any atom is 0.337 e. The number of nitrogens with two attached hydrogens (primary N) is 1. The molecule has 0 bridgehead atoms. The molecule has 0 fully saturated rings. The van der Waals surface area contributed by atoms with E-state index in [9.17, 15) is 4.79 Å². The van der Waals surface area contributed by atoms with Crippen molar-refractivity contribution >= 4 is 23.3 Å². The van der Waals surface area contributed by atoms with Crippen LogP contribution in [0.5, 0.6) is 0 Å². The minimum atomic E-state index is -0.369. The van der Waals surface area contributed by atoms with Gasteiger partial charge in [-0.2, -0.15) is 0 Å². The highest BCUT2D eigenvalue weighted by Crippen LogP contribution is 2.26. The van der Waals surface area contributed by atoms with E-state index in [1.165, 1.54) is 7.11 Å². The molecule has 0 spiro atoms. The Balaban J connectivity index is 2.47. The highest BCUT2D eigenvalue weighted by atomic mass is 35.5. The molecule has 2 rings (SSSR count). The number of rotatable bonds is 2. The summed E-state index contributed by atoms with van der Waals surface area (Å²) in [4.78, 5) is 11.5. The highest BCUT2D eigenvalue weighted by Gasteiger charge is 2.07. The first-order valence-electron chi connectivity index (χ1n) is 5.35. The lowest BCUT2D eigenvalue weighted by molar-refractivity contribution is 0.0601. The van der Waals surface area contributed by atoms with Crippen LogP contribution in [0, 0.1) is 0 Å². The topological polar surface area (TPSA) is 52.3 Å². The van der Waals surface area contributed by atoms with Crippen molar-refractivity contribution in [3.8, 4) is 11.1 Å². The van der Waals surface area contributed by atoms with Crippen LogP contribution in [0.3, 0.4) is 0 Å². The first kappa shape index (κ1) is 12.5. The Kier molecular flexibility index (Phi) is 3.53. The average Bonchev–Trinajstić information content (AvgIpc) is 2.37. The molecule has 0 amide bonds. The summed E-state index contributed by atoms with van der Waals surface area (Å²) in [5.41, 5.74) is 8.56. The second-order valence-electron chi connectivity index (χ2n) is 3.85. The van der Waals surface area contributed by atoms with E-state index in [4.69, 9.17) is 17.3 Å². The number of esters is 1. The molecule has 3 nitrogen and oxygen atoms in total. The summed E-state index contributed by atoms with van der Waals surface area (Å²) in [5.74, 6) is -0.369. The van der Waals surface area contributed by atoms with Crippen LogP contribution < -0.4 is 5.73 Å². The quantitative estimate of drug-likeness (QED) is 0.666. The summed E-state index contributed by atoms with van der Waals surface area (Å²) in [5, 5.41) is 0.563. The average molecular weight is 262 g/mol. The first-order valence-corrected chi connectivity index (χ1v) is 5.73. The third-order valence-corrected chi connectivity index (χ3v) is 2.76. The van der Waals surface area contributed by atoms with Crippen LogP contribution in [0.2, 0.25) is 5.02 Å². The highest BCUT2D eigenvalue weighted by molar-refractivity contribution is 6.31. The van der Waals surface area contributed by atoms with Gasteiger partial charge in [0.2, 0.25) is 0 Å². The predicted molar refractivity (Wildman–Crippen MR) is 72.6 cm³/mol. The minimum Gasteiger partial charge on any atom is -0.465 e. The fraction of sp³-hybridized carbons (Fsp3) is 0.0714. The first-order chi connectivity index (χ1) is 8.60. The molecule has 2 aromatic rings. The number of hydrogen-bond donors (Lipinski definition) is 1. The van der Waals surface area contributed by atoms with Crippen molar-refractivity contribution in [2.24, 2.45) is 0 Å². The second kappa shape index (κ2) is 5.10. The summed E-state index contributed by atoms with van der Waals surface area (Å²) < 4.78 is 4.68. The number of methoxy groups -OCH3 is 1. The number of carbonyl (C=O) groups excluding carboxylic acids is 1. The molecule has 4 heteroatoms. The van der Waals surface area contributed by atoms with E-state index < -0.39 is 0 Å². The van der Waals surface area contributed by atoms with Crippen molar-refractivity contribution < 1.29 is 9.53 Å². The Labute approximate surface area is 110 Å². The van der Waals surface area contributed by atoms with Gasteiger partial charge in [-0.1, -0.05) is 23.7 Å². The summed E-state index contributed by atoms with van der Waals surface area (Å²) in [7, 11) is 1.35. The van der Waals surface area contributed by atoms with E-state index in [0.717, 1.165) is 11.1 Å². The Morgan fingerprint density at radius 3 is 2.61 bits per heavy atom. The lowest BCUT2D eigenvalue weighted by atomic mass is 10.0. The third-order valence-electron chi connectivity index (χ3n) is 2.54. The summed E-state index contributed by atoms with van der Waals surface area (Å²) >= 11 is 5.96. The predicted octanol–water partition coefficient (Wildman–Crippen LogP) is 3.38. The molecule has 0 atom stereocenters. The number of halogens is 1. The number of hydrogen-bond acceptors (Lipinski definition) is 3. The minimum absolute atomic E-state index is 0.369. The zero-order chi connectivity index (χ0) is 13.1. The third kappa shape index (κ3) is 2.63. The van der Waals surface area contributed by atoms with E-state index in [1.807, 2.05) is 12.1 Å². The van der Waals surface area contributed by atoms with Crippen molar-refractivity contribution in [2.75, 3.05) is 12.8 Å². The van der Waals surface area contributed by atoms with Crippen LogP contribution in [0.25, 0.3) is 11.1 Å². The molecule has 0 aliphatic rings. The van der Waals surface area contributed by atoms with Gasteiger partial charge >= 0.3 is 5.97 Å². The number of carbonyl (C=O) groups is 1. The van der Waals surface area contributed by atoms with Gasteiger partial charge in [-0.15, -0.1) is 0 Å². The van der Waals surface area contributed by atoms with Crippen molar-refractivity contribution in [1.29, 1.82) is 0 Å². The Morgan fingerprint density at radius 1 is 1.17 bits per heavy atom. The molecule has 0 heterocycles. The van der Waals surface area contributed by atoms with Gasteiger partial charge in [0.05, 0.1) is 12.7 Å². The number of benzene rings is 2. The molecule has 0 aliphatic carbocycles. The van der Waals surface area contributed by atoms with Gasteiger partial charge in [0.1, 0.15) is 0 Å². The zero-order valence-electron chi connectivity index (χ0n) is 9.81. The number of anilines is 1. The van der Waals surface area contributed by atoms with Gasteiger partial charge in [-0.3, -0.25) is 0 Å². The Hall–Kier alpha value is -2.00. The van der Waals surface area contributed by atoms with E-state index in [-0.39, 0.29) is 5.97 Å². The fourth-order valence-corrected chi connectivity index (χ4v) is 1.97. The Morgan fingerprint density at radius 2 is 1.94 bits per heavy atom. The molecule has 18 heavy (non-hydrogen) atoms. The van der Waals surface area contributed by atoms with Crippen LogP contribution >= 0.6 is 11.6 Å². The molecular weight excluding hydrogens is 250 g/mol. The SMILES string of the molecule is COC(=O)c1cccc(-c2cc(N)cc(Cl)c2)c1. The molecule has 0 saturated carbocycles. The molecule has 0 unspecified atom stereocenters. The molecular formula is C14H12ClNO2. The van der Waals surface area contributed by atoms with Crippen LogP contribution in [0.15, 0.2) is 42.5 Å². The van der Waals surface area contributed by atoms with Crippen LogP contribution in [-0.2, 0) is 4.74 Å². The van der Waals surface area contributed by atoms with Gasteiger partial charge < -0.3 is 10.5 Å². The molecule has 2 aromatic carbocycles. The number of nitrogen functional groups attached to an aromatic ring is 1. The van der Waals surface area contributed by atoms with Crippen molar-refractivity contribution in [1.82, 2.24) is 0 Å². The number of ether oxygens (including phenoxy) is 1. The molecule has 0 radical (unpaired) electrons. The van der Waals surface area contributed by atoms with E-state index in [0.29, 0.717) is 16.3 Å². The second-order valence-corrected chi connectivity index (χ2v) is 4.28. The zero-order valence-corrected chi connectivity index (χ0v) is 10.6. The molecule has 0 saturated heterocycles.